The van der Waals surface area contributed by atoms with Crippen molar-refractivity contribution in [3.05, 3.63) is 22.7 Å². The molecule has 0 fully saturated rings. The zero-order valence-electron chi connectivity index (χ0n) is 7.76. The molecule has 0 atom stereocenters. The molecule has 2 rings (SSSR count). The Bertz CT molecular complexity index is 547. The Labute approximate surface area is 99.3 Å². The minimum Gasteiger partial charge on any atom is -0.243 e. The van der Waals surface area contributed by atoms with Crippen LogP contribution in [0.3, 0.4) is 0 Å². The monoisotopic (exact) mass is 310 g/mol. The molecule has 7 nitrogen and oxygen atoms in total. The molecule has 0 aromatic carbocycles. The fourth-order valence-electron chi connectivity index (χ4n) is 1.04. The number of hydrogen-bond donors (Lipinski definition) is 0. The van der Waals surface area contributed by atoms with E-state index in [4.69, 9.17) is 0 Å². The lowest BCUT2D eigenvalue weighted by Gasteiger charge is -2.07. The maximum atomic E-state index is 12.6. The van der Waals surface area contributed by atoms with Crippen molar-refractivity contribution in [2.75, 3.05) is 0 Å². The Morgan fingerprint density at radius 3 is 2.59 bits per heavy atom. The van der Waals surface area contributed by atoms with Crippen molar-refractivity contribution in [1.82, 2.24) is 30.0 Å². The van der Waals surface area contributed by atoms with Crippen molar-refractivity contribution in [3.8, 4) is 0 Å². The second-order valence-corrected chi connectivity index (χ2v) is 3.52. The Morgan fingerprint density at radius 1 is 1.35 bits per heavy atom. The van der Waals surface area contributed by atoms with Crippen molar-refractivity contribution < 1.29 is 18.0 Å². The van der Waals surface area contributed by atoms with Crippen LogP contribution in [-0.4, -0.2) is 36.0 Å². The molecule has 0 aliphatic carbocycles. The van der Waals surface area contributed by atoms with Gasteiger partial charge in [-0.3, -0.25) is 0 Å². The molecule has 0 radical (unpaired) electrons. The fourth-order valence-corrected chi connectivity index (χ4v) is 1.51. The van der Waals surface area contributed by atoms with Crippen molar-refractivity contribution in [2.24, 2.45) is 0 Å². The third-order valence-corrected chi connectivity index (χ3v) is 2.23. The zero-order valence-corrected chi connectivity index (χ0v) is 9.34. The first-order chi connectivity index (χ1) is 7.91. The summed E-state index contributed by atoms with van der Waals surface area (Å²) in [5, 5.41) is 12.8. The summed E-state index contributed by atoms with van der Waals surface area (Å²) >= 11 is 2.57. The summed E-state index contributed by atoms with van der Waals surface area (Å²) < 4.78 is 38.0. The normalized spacial score (nSPS) is 11.8. The van der Waals surface area contributed by atoms with Crippen molar-refractivity contribution >= 4 is 22.0 Å². The van der Waals surface area contributed by atoms with E-state index in [9.17, 15) is 18.0 Å². The van der Waals surface area contributed by atoms with Crippen LogP contribution in [0, 0.1) is 0 Å². The maximum Gasteiger partial charge on any atom is 0.436 e. The molecule has 2 aromatic heterocycles. The quantitative estimate of drug-likeness (QED) is 0.730. The molecular formula is C6H2BrF3N6O. The topological polar surface area (TPSA) is 78.5 Å². The summed E-state index contributed by atoms with van der Waals surface area (Å²) in [7, 11) is 0. The van der Waals surface area contributed by atoms with E-state index in [0.29, 0.717) is 4.68 Å². The van der Waals surface area contributed by atoms with Crippen LogP contribution >= 0.6 is 15.9 Å². The van der Waals surface area contributed by atoms with Crippen LogP contribution in [0.15, 0.2) is 17.0 Å². The van der Waals surface area contributed by atoms with Gasteiger partial charge in [0.2, 0.25) is 0 Å². The standard InChI is InChI=1S/C6H2BrF3N6O/c7-4-3(6(8,9)10)16(14-12-4)5(17)15-2-1-11-13-15/h1-2H. The van der Waals surface area contributed by atoms with Gasteiger partial charge in [-0.15, -0.1) is 10.2 Å². The lowest BCUT2D eigenvalue weighted by atomic mass is 10.4. The van der Waals surface area contributed by atoms with Crippen LogP contribution in [0.1, 0.15) is 5.69 Å². The molecule has 0 bridgehead atoms. The minimum absolute atomic E-state index is 0.0960. The number of alkyl halides is 3. The van der Waals surface area contributed by atoms with Gasteiger partial charge in [0.1, 0.15) is 0 Å². The van der Waals surface area contributed by atoms with Gasteiger partial charge in [-0.1, -0.05) is 10.4 Å². The first-order valence-corrected chi connectivity index (χ1v) is 4.80. The smallest absolute Gasteiger partial charge is 0.243 e. The Hall–Kier alpha value is -1.78. The van der Waals surface area contributed by atoms with Crippen LogP contribution in [0.5, 0.6) is 0 Å². The highest BCUT2D eigenvalue weighted by molar-refractivity contribution is 9.10. The first-order valence-electron chi connectivity index (χ1n) is 4.00. The number of rotatable bonds is 0. The molecule has 0 saturated carbocycles. The number of aromatic nitrogens is 6. The van der Waals surface area contributed by atoms with Gasteiger partial charge in [0.25, 0.3) is 0 Å². The van der Waals surface area contributed by atoms with Gasteiger partial charge in [-0.25, -0.2) is 4.79 Å². The number of nitrogens with zero attached hydrogens (tertiary/aromatic N) is 6. The summed E-state index contributed by atoms with van der Waals surface area (Å²) in [5.41, 5.74) is -1.31. The Morgan fingerprint density at radius 2 is 2.06 bits per heavy atom. The van der Waals surface area contributed by atoms with Gasteiger partial charge in [0.15, 0.2) is 10.3 Å². The molecule has 2 aromatic rings. The minimum atomic E-state index is -4.77. The molecular weight excluding hydrogens is 309 g/mol. The Kier molecular flexibility index (Phi) is 2.69. The van der Waals surface area contributed by atoms with Crippen LogP contribution in [0.4, 0.5) is 18.0 Å². The molecule has 0 aliphatic heterocycles. The van der Waals surface area contributed by atoms with Crippen molar-refractivity contribution in [1.29, 1.82) is 0 Å². The predicted molar refractivity (Wildman–Crippen MR) is 48.9 cm³/mol. The highest BCUT2D eigenvalue weighted by atomic mass is 79.9. The van der Waals surface area contributed by atoms with Gasteiger partial charge in [0, 0.05) is 0 Å². The van der Waals surface area contributed by atoms with Gasteiger partial charge in [0.05, 0.1) is 12.4 Å². The van der Waals surface area contributed by atoms with E-state index in [1.165, 1.54) is 0 Å². The zero-order chi connectivity index (χ0) is 12.6. The molecule has 0 unspecified atom stereocenters. The fraction of sp³-hybridized carbons (Fsp3) is 0.167. The van der Waals surface area contributed by atoms with Crippen molar-refractivity contribution in [2.45, 2.75) is 6.18 Å². The summed E-state index contributed by atoms with van der Waals surface area (Å²) in [6.07, 6.45) is -2.52. The third-order valence-electron chi connectivity index (χ3n) is 1.70. The van der Waals surface area contributed by atoms with Crippen LogP contribution in [0.2, 0.25) is 0 Å². The van der Waals surface area contributed by atoms with E-state index in [2.05, 4.69) is 36.6 Å². The third kappa shape index (κ3) is 2.05. The van der Waals surface area contributed by atoms with E-state index < -0.39 is 22.5 Å². The molecule has 0 amide bonds. The average Bonchev–Trinajstić information content (AvgIpc) is 2.83. The van der Waals surface area contributed by atoms with Crippen LogP contribution < -0.4 is 0 Å². The van der Waals surface area contributed by atoms with E-state index in [1.807, 2.05) is 0 Å². The number of carbonyl (C=O) groups excluding carboxylic acids is 1. The summed E-state index contributed by atoms with van der Waals surface area (Å²) in [6.45, 7) is 0. The van der Waals surface area contributed by atoms with E-state index in [1.54, 1.807) is 0 Å². The van der Waals surface area contributed by atoms with Crippen LogP contribution in [0.25, 0.3) is 0 Å². The molecule has 0 spiro atoms. The summed E-state index contributed by atoms with van der Waals surface area (Å²) in [6, 6.07) is -1.13. The predicted octanol–water partition coefficient (Wildman–Crippen LogP) is 1.17. The number of halogens is 4. The molecule has 2 heterocycles. The van der Waals surface area contributed by atoms with Crippen molar-refractivity contribution in [3.63, 3.8) is 0 Å². The Balaban J connectivity index is 2.51. The van der Waals surface area contributed by atoms with Crippen LogP contribution in [-0.2, 0) is 6.18 Å². The second kappa shape index (κ2) is 3.91. The SMILES string of the molecule is O=C(n1ccnn1)n1nnc(Br)c1C(F)(F)F. The summed E-state index contributed by atoms with van der Waals surface area (Å²) in [5.74, 6) is 0. The second-order valence-electron chi connectivity index (χ2n) is 2.77. The summed E-state index contributed by atoms with van der Waals surface area (Å²) in [4.78, 5) is 11.6. The lowest BCUT2D eigenvalue weighted by Crippen LogP contribution is -2.26. The number of carbonyl (C=O) groups is 1. The molecule has 0 N–H and O–H groups in total. The molecule has 17 heavy (non-hydrogen) atoms. The van der Waals surface area contributed by atoms with Gasteiger partial charge in [-0.2, -0.15) is 22.5 Å². The van der Waals surface area contributed by atoms with Gasteiger partial charge >= 0.3 is 12.2 Å². The molecule has 11 heteroatoms. The molecule has 0 saturated heterocycles. The lowest BCUT2D eigenvalue weighted by molar-refractivity contribution is -0.143. The van der Waals surface area contributed by atoms with Gasteiger partial charge in [-0.05, 0) is 15.9 Å². The molecule has 90 valence electrons. The average molecular weight is 311 g/mol. The van der Waals surface area contributed by atoms with E-state index in [0.717, 1.165) is 12.4 Å². The largest absolute Gasteiger partial charge is 0.436 e. The molecule has 0 aliphatic rings. The van der Waals surface area contributed by atoms with E-state index in [-0.39, 0.29) is 4.68 Å². The van der Waals surface area contributed by atoms with E-state index >= 15 is 0 Å². The first kappa shape index (κ1) is 11.7. The maximum absolute atomic E-state index is 12.6. The number of hydrogen-bond acceptors (Lipinski definition) is 5. The highest BCUT2D eigenvalue weighted by Gasteiger charge is 2.41. The highest BCUT2D eigenvalue weighted by Crippen LogP contribution is 2.33. The van der Waals surface area contributed by atoms with Gasteiger partial charge < -0.3 is 0 Å².